The number of carbonyl (C=O) groups excluding carboxylic acids is 1. The molecule has 1 amide bonds. The Morgan fingerprint density at radius 1 is 1.44 bits per heavy atom. The Labute approximate surface area is 158 Å². The number of methoxy groups -OCH3 is 1. The van der Waals surface area contributed by atoms with E-state index in [9.17, 15) is 14.7 Å². The first-order valence-electron chi connectivity index (χ1n) is 8.07. The van der Waals surface area contributed by atoms with Crippen LogP contribution >= 0.6 is 11.3 Å². The summed E-state index contributed by atoms with van der Waals surface area (Å²) in [6.07, 6.45) is 1.32. The SMILES string of the molecule is COc1cc(/C=N/NC(=O)Cc2nc3sc(C)c(C)c3c(=O)[nH]2)ccc1O. The van der Waals surface area contributed by atoms with Gasteiger partial charge in [0, 0.05) is 4.88 Å². The minimum atomic E-state index is -0.413. The molecule has 3 aromatic rings. The molecule has 0 unspecified atom stereocenters. The highest BCUT2D eigenvalue weighted by Gasteiger charge is 2.13. The standard InChI is InChI=1S/C18H18N4O4S/c1-9-10(2)27-18-16(9)17(25)20-14(21-18)7-15(24)22-19-8-11-4-5-12(23)13(6-11)26-3/h4-6,8,23H,7H2,1-3H3,(H,22,24)(H,20,21,25)/b19-8+. The number of rotatable bonds is 5. The zero-order valence-electron chi connectivity index (χ0n) is 15.0. The van der Waals surface area contributed by atoms with Crippen LogP contribution in [0.2, 0.25) is 0 Å². The number of aromatic amines is 1. The predicted molar refractivity (Wildman–Crippen MR) is 104 cm³/mol. The molecule has 0 atom stereocenters. The summed E-state index contributed by atoms with van der Waals surface area (Å²) in [5.41, 5.74) is 3.69. The number of hydrogen-bond acceptors (Lipinski definition) is 7. The van der Waals surface area contributed by atoms with Gasteiger partial charge in [0.05, 0.1) is 25.1 Å². The van der Waals surface area contributed by atoms with Crippen molar-refractivity contribution in [2.45, 2.75) is 20.3 Å². The Morgan fingerprint density at radius 3 is 2.96 bits per heavy atom. The average molecular weight is 386 g/mol. The number of amides is 1. The maximum atomic E-state index is 12.2. The van der Waals surface area contributed by atoms with Gasteiger partial charge in [0.2, 0.25) is 5.91 Å². The number of aryl methyl sites for hydroxylation is 2. The molecule has 3 rings (SSSR count). The quantitative estimate of drug-likeness (QED) is 0.458. The lowest BCUT2D eigenvalue weighted by Gasteiger charge is -2.03. The van der Waals surface area contributed by atoms with Crippen LogP contribution in [0.25, 0.3) is 10.2 Å². The zero-order valence-corrected chi connectivity index (χ0v) is 15.8. The number of benzene rings is 1. The van der Waals surface area contributed by atoms with Gasteiger partial charge in [0.25, 0.3) is 5.56 Å². The van der Waals surface area contributed by atoms with Crippen LogP contribution in [0.15, 0.2) is 28.1 Å². The summed E-state index contributed by atoms with van der Waals surface area (Å²) in [5.74, 6) is 0.197. The van der Waals surface area contributed by atoms with E-state index in [0.29, 0.717) is 21.5 Å². The smallest absolute Gasteiger partial charge is 0.259 e. The summed E-state index contributed by atoms with van der Waals surface area (Å²) in [7, 11) is 1.44. The number of hydrazone groups is 1. The number of H-pyrrole nitrogens is 1. The molecule has 27 heavy (non-hydrogen) atoms. The molecular formula is C18H18N4O4S. The highest BCUT2D eigenvalue weighted by atomic mass is 32.1. The Hall–Kier alpha value is -3.20. The van der Waals surface area contributed by atoms with Gasteiger partial charge in [-0.3, -0.25) is 9.59 Å². The molecule has 0 bridgehead atoms. The van der Waals surface area contributed by atoms with Gasteiger partial charge in [-0.1, -0.05) is 0 Å². The van der Waals surface area contributed by atoms with Crippen molar-refractivity contribution in [2.75, 3.05) is 7.11 Å². The summed E-state index contributed by atoms with van der Waals surface area (Å²) in [6.45, 7) is 3.81. The Bertz CT molecular complexity index is 1100. The Balaban J connectivity index is 1.69. The molecular weight excluding hydrogens is 368 g/mol. The summed E-state index contributed by atoms with van der Waals surface area (Å²) < 4.78 is 5.01. The number of carbonyl (C=O) groups is 1. The minimum Gasteiger partial charge on any atom is -0.504 e. The molecule has 2 aromatic heterocycles. The van der Waals surface area contributed by atoms with Crippen molar-refractivity contribution < 1.29 is 14.6 Å². The molecule has 0 spiro atoms. The number of nitrogens with zero attached hydrogens (tertiary/aromatic N) is 2. The molecule has 0 fully saturated rings. The molecule has 1 aromatic carbocycles. The summed E-state index contributed by atoms with van der Waals surface area (Å²) in [4.78, 5) is 32.9. The van der Waals surface area contributed by atoms with E-state index < -0.39 is 5.91 Å². The number of aromatic hydroxyl groups is 1. The number of aromatic nitrogens is 2. The molecule has 0 aliphatic heterocycles. The first-order chi connectivity index (χ1) is 12.9. The molecule has 8 nitrogen and oxygen atoms in total. The summed E-state index contributed by atoms with van der Waals surface area (Å²) in [6, 6.07) is 4.68. The molecule has 3 N–H and O–H groups in total. The predicted octanol–water partition coefficient (Wildman–Crippen LogP) is 2.01. The van der Waals surface area contributed by atoms with E-state index >= 15 is 0 Å². The van der Waals surface area contributed by atoms with Gasteiger partial charge in [0.1, 0.15) is 10.7 Å². The number of nitrogens with one attached hydrogen (secondary N) is 2. The van der Waals surface area contributed by atoms with Crippen molar-refractivity contribution >= 4 is 33.7 Å². The zero-order chi connectivity index (χ0) is 19.6. The number of hydrogen-bond donors (Lipinski definition) is 3. The maximum Gasteiger partial charge on any atom is 0.259 e. The van der Waals surface area contributed by atoms with Crippen LogP contribution in [0.1, 0.15) is 21.8 Å². The fraction of sp³-hybridized carbons (Fsp3) is 0.222. The number of phenols is 1. The minimum absolute atomic E-state index is 0.0168. The molecule has 0 saturated heterocycles. The largest absolute Gasteiger partial charge is 0.504 e. The highest BCUT2D eigenvalue weighted by molar-refractivity contribution is 7.18. The van der Waals surface area contributed by atoms with Crippen molar-refractivity contribution in [3.05, 3.63) is 50.4 Å². The Kier molecular flexibility index (Phi) is 5.22. The van der Waals surface area contributed by atoms with Gasteiger partial charge in [-0.25, -0.2) is 10.4 Å². The van der Waals surface area contributed by atoms with E-state index in [0.717, 1.165) is 10.4 Å². The molecule has 9 heteroatoms. The van der Waals surface area contributed by atoms with E-state index in [1.54, 1.807) is 12.1 Å². The second-order valence-corrected chi connectivity index (χ2v) is 7.08. The summed E-state index contributed by atoms with van der Waals surface area (Å²) in [5, 5.41) is 14.0. The van der Waals surface area contributed by atoms with E-state index in [1.165, 1.54) is 30.7 Å². The van der Waals surface area contributed by atoms with Crippen LogP contribution in [0.5, 0.6) is 11.5 Å². The fourth-order valence-corrected chi connectivity index (χ4v) is 3.58. The van der Waals surface area contributed by atoms with Crippen molar-refractivity contribution in [2.24, 2.45) is 5.10 Å². The van der Waals surface area contributed by atoms with E-state index in [-0.39, 0.29) is 23.6 Å². The second kappa shape index (κ2) is 7.58. The monoisotopic (exact) mass is 386 g/mol. The number of thiophene rings is 1. The third-order valence-corrected chi connectivity index (χ3v) is 5.12. The van der Waals surface area contributed by atoms with Crippen LogP contribution in [0.3, 0.4) is 0 Å². The lowest BCUT2D eigenvalue weighted by molar-refractivity contribution is -0.120. The van der Waals surface area contributed by atoms with Gasteiger partial charge in [-0.2, -0.15) is 5.10 Å². The van der Waals surface area contributed by atoms with Crippen LogP contribution in [-0.4, -0.2) is 34.3 Å². The van der Waals surface area contributed by atoms with Gasteiger partial charge >= 0.3 is 0 Å². The van der Waals surface area contributed by atoms with E-state index in [1.807, 2.05) is 13.8 Å². The van der Waals surface area contributed by atoms with Crippen LogP contribution < -0.4 is 15.7 Å². The molecule has 0 aliphatic rings. The van der Waals surface area contributed by atoms with Gasteiger partial charge in [-0.15, -0.1) is 11.3 Å². The van der Waals surface area contributed by atoms with Crippen molar-refractivity contribution in [3.8, 4) is 11.5 Å². The van der Waals surface area contributed by atoms with E-state index in [4.69, 9.17) is 4.74 Å². The molecule has 140 valence electrons. The third kappa shape index (κ3) is 3.98. The van der Waals surface area contributed by atoms with E-state index in [2.05, 4.69) is 20.5 Å². The normalized spacial score (nSPS) is 11.2. The number of phenolic OH excluding ortho intramolecular Hbond substituents is 1. The molecule has 0 radical (unpaired) electrons. The van der Waals surface area contributed by atoms with Crippen molar-refractivity contribution in [1.29, 1.82) is 0 Å². The highest BCUT2D eigenvalue weighted by Crippen LogP contribution is 2.26. The maximum absolute atomic E-state index is 12.2. The van der Waals surface area contributed by atoms with Crippen LogP contribution in [-0.2, 0) is 11.2 Å². The lowest BCUT2D eigenvalue weighted by atomic mass is 10.2. The second-order valence-electron chi connectivity index (χ2n) is 5.88. The van der Waals surface area contributed by atoms with Crippen LogP contribution in [0.4, 0.5) is 0 Å². The number of fused-ring (bicyclic) bond motifs is 1. The first-order valence-corrected chi connectivity index (χ1v) is 8.88. The number of ether oxygens (including phenoxy) is 1. The third-order valence-electron chi connectivity index (χ3n) is 4.02. The van der Waals surface area contributed by atoms with Gasteiger partial charge in [0.15, 0.2) is 11.5 Å². The van der Waals surface area contributed by atoms with Crippen molar-refractivity contribution in [3.63, 3.8) is 0 Å². The van der Waals surface area contributed by atoms with Gasteiger partial charge < -0.3 is 14.8 Å². The summed E-state index contributed by atoms with van der Waals surface area (Å²) >= 11 is 1.43. The lowest BCUT2D eigenvalue weighted by Crippen LogP contribution is -2.23. The van der Waals surface area contributed by atoms with Crippen molar-refractivity contribution in [1.82, 2.24) is 15.4 Å². The molecule has 0 aliphatic carbocycles. The first kappa shape index (κ1) is 18.6. The average Bonchev–Trinajstić information content (AvgIpc) is 2.90. The topological polar surface area (TPSA) is 117 Å². The molecule has 2 heterocycles. The Morgan fingerprint density at radius 2 is 2.22 bits per heavy atom. The van der Waals surface area contributed by atoms with Gasteiger partial charge in [-0.05, 0) is 43.2 Å². The van der Waals surface area contributed by atoms with Crippen LogP contribution in [0, 0.1) is 13.8 Å². The molecule has 0 saturated carbocycles. The fourth-order valence-electron chi connectivity index (χ4n) is 2.53.